The van der Waals surface area contributed by atoms with Crippen LogP contribution in [0.1, 0.15) is 0 Å². The summed E-state index contributed by atoms with van der Waals surface area (Å²) in [5.74, 6) is -2.91. The van der Waals surface area contributed by atoms with Crippen LogP contribution in [-0.2, 0) is 9.59 Å². The molecule has 0 aliphatic rings. The molecule has 114 valence electrons. The number of hydrogen-bond donors (Lipinski definition) is 0. The van der Waals surface area contributed by atoms with Gasteiger partial charge in [0.25, 0.3) is 0 Å². The monoisotopic (exact) mass is 378 g/mol. The number of carbonyl (C=O) groups excluding carboxylic acids is 2. The second-order valence-corrected chi connectivity index (χ2v) is 5.51. The standard InChI is InChI=1S/C14H6Cl4O4/c15-7-3-1-4-8(16)11(7)21-13(19)14(20)22-12-9(17)5-2-6-10(12)18/h1-6H. The van der Waals surface area contributed by atoms with Crippen molar-refractivity contribution in [2.75, 3.05) is 0 Å². The highest BCUT2D eigenvalue weighted by atomic mass is 35.5. The Morgan fingerprint density at radius 1 is 0.636 bits per heavy atom. The van der Waals surface area contributed by atoms with Crippen molar-refractivity contribution in [3.8, 4) is 11.5 Å². The van der Waals surface area contributed by atoms with Gasteiger partial charge in [0.15, 0.2) is 11.5 Å². The molecule has 0 bridgehead atoms. The molecule has 0 aliphatic carbocycles. The van der Waals surface area contributed by atoms with Crippen LogP contribution in [0, 0.1) is 0 Å². The Morgan fingerprint density at radius 3 is 1.18 bits per heavy atom. The summed E-state index contributed by atoms with van der Waals surface area (Å²) in [5.41, 5.74) is 0. The maximum atomic E-state index is 11.7. The van der Waals surface area contributed by atoms with E-state index in [0.717, 1.165) is 0 Å². The van der Waals surface area contributed by atoms with Crippen molar-refractivity contribution in [2.24, 2.45) is 0 Å². The van der Waals surface area contributed by atoms with Gasteiger partial charge < -0.3 is 9.47 Å². The highest BCUT2D eigenvalue weighted by Gasteiger charge is 2.24. The number of esters is 2. The Morgan fingerprint density at radius 2 is 0.909 bits per heavy atom. The summed E-state index contributed by atoms with van der Waals surface area (Å²) < 4.78 is 9.65. The van der Waals surface area contributed by atoms with E-state index < -0.39 is 11.9 Å². The SMILES string of the molecule is O=C(Oc1c(Cl)cccc1Cl)C(=O)Oc1c(Cl)cccc1Cl. The van der Waals surface area contributed by atoms with Crippen LogP contribution in [0.25, 0.3) is 0 Å². The fourth-order valence-electron chi connectivity index (χ4n) is 1.43. The van der Waals surface area contributed by atoms with Crippen LogP contribution in [0.2, 0.25) is 20.1 Å². The first-order valence-corrected chi connectivity index (χ1v) is 7.23. The number of halogens is 4. The van der Waals surface area contributed by atoms with Crippen LogP contribution in [-0.4, -0.2) is 11.9 Å². The maximum Gasteiger partial charge on any atom is 0.423 e. The van der Waals surface area contributed by atoms with Gasteiger partial charge in [0, 0.05) is 0 Å². The zero-order valence-corrected chi connectivity index (χ0v) is 13.6. The first-order valence-electron chi connectivity index (χ1n) is 5.72. The van der Waals surface area contributed by atoms with Crippen LogP contribution in [0.3, 0.4) is 0 Å². The number of rotatable bonds is 2. The van der Waals surface area contributed by atoms with E-state index in [2.05, 4.69) is 0 Å². The van der Waals surface area contributed by atoms with Crippen LogP contribution >= 0.6 is 46.4 Å². The molecule has 0 saturated carbocycles. The van der Waals surface area contributed by atoms with E-state index in [4.69, 9.17) is 55.9 Å². The van der Waals surface area contributed by atoms with Crippen molar-refractivity contribution >= 4 is 58.3 Å². The number of carbonyl (C=O) groups is 2. The van der Waals surface area contributed by atoms with Gasteiger partial charge in [-0.1, -0.05) is 58.5 Å². The summed E-state index contributed by atoms with van der Waals surface area (Å²) in [4.78, 5) is 23.5. The summed E-state index contributed by atoms with van der Waals surface area (Å²) in [6, 6.07) is 8.92. The van der Waals surface area contributed by atoms with Crippen molar-refractivity contribution in [1.29, 1.82) is 0 Å². The molecule has 0 N–H and O–H groups in total. The predicted octanol–water partition coefficient (Wildman–Crippen LogP) is 4.81. The molecule has 0 atom stereocenters. The van der Waals surface area contributed by atoms with E-state index in [1.807, 2.05) is 0 Å². The molecule has 0 aromatic heterocycles. The number of hydrogen-bond acceptors (Lipinski definition) is 4. The second-order valence-electron chi connectivity index (χ2n) is 3.88. The largest absolute Gasteiger partial charge is 0.423 e. The lowest BCUT2D eigenvalue weighted by Gasteiger charge is -2.09. The average Bonchev–Trinajstić information content (AvgIpc) is 2.46. The van der Waals surface area contributed by atoms with Gasteiger partial charge in [-0.2, -0.15) is 0 Å². The Labute approximate surface area is 145 Å². The lowest BCUT2D eigenvalue weighted by Crippen LogP contribution is -2.25. The van der Waals surface area contributed by atoms with E-state index in [1.54, 1.807) is 12.1 Å². The van der Waals surface area contributed by atoms with E-state index in [-0.39, 0.29) is 31.6 Å². The molecule has 4 nitrogen and oxygen atoms in total. The lowest BCUT2D eigenvalue weighted by atomic mass is 10.3. The van der Waals surface area contributed by atoms with Crippen molar-refractivity contribution < 1.29 is 19.1 Å². The molecule has 0 heterocycles. The maximum absolute atomic E-state index is 11.7. The van der Waals surface area contributed by atoms with Gasteiger partial charge in [-0.15, -0.1) is 0 Å². The highest BCUT2D eigenvalue weighted by Crippen LogP contribution is 2.34. The fourth-order valence-corrected chi connectivity index (χ4v) is 2.38. The van der Waals surface area contributed by atoms with Gasteiger partial charge in [-0.25, -0.2) is 9.59 Å². The summed E-state index contributed by atoms with van der Waals surface area (Å²) >= 11 is 23.3. The van der Waals surface area contributed by atoms with Gasteiger partial charge in [-0.3, -0.25) is 0 Å². The molecule has 0 spiro atoms. The summed E-state index contributed by atoms with van der Waals surface area (Å²) in [6.07, 6.45) is 0. The summed E-state index contributed by atoms with van der Waals surface area (Å²) in [7, 11) is 0. The molecule has 0 aliphatic heterocycles. The minimum atomic E-state index is -1.31. The number of para-hydroxylation sites is 2. The molecular formula is C14H6Cl4O4. The second kappa shape index (κ2) is 7.20. The molecule has 0 saturated heterocycles. The molecule has 22 heavy (non-hydrogen) atoms. The first-order chi connectivity index (χ1) is 10.4. The minimum Gasteiger partial charge on any atom is -0.415 e. The van der Waals surface area contributed by atoms with Crippen LogP contribution < -0.4 is 9.47 Å². The van der Waals surface area contributed by atoms with Crippen molar-refractivity contribution in [1.82, 2.24) is 0 Å². The van der Waals surface area contributed by atoms with Crippen molar-refractivity contribution in [2.45, 2.75) is 0 Å². The highest BCUT2D eigenvalue weighted by molar-refractivity contribution is 6.39. The predicted molar refractivity (Wildman–Crippen MR) is 84.2 cm³/mol. The van der Waals surface area contributed by atoms with Gasteiger partial charge in [-0.05, 0) is 24.3 Å². The molecule has 0 radical (unpaired) electrons. The minimum absolute atomic E-state index is 0.0735. The molecule has 0 amide bonds. The lowest BCUT2D eigenvalue weighted by molar-refractivity contribution is -0.156. The van der Waals surface area contributed by atoms with E-state index in [9.17, 15) is 9.59 Å². The summed E-state index contributed by atoms with van der Waals surface area (Å²) in [5, 5.41) is 0.294. The topological polar surface area (TPSA) is 52.6 Å². The van der Waals surface area contributed by atoms with E-state index >= 15 is 0 Å². The number of benzene rings is 2. The zero-order chi connectivity index (χ0) is 16.3. The molecule has 0 fully saturated rings. The summed E-state index contributed by atoms with van der Waals surface area (Å²) in [6.45, 7) is 0. The Bertz CT molecular complexity index is 642. The quantitative estimate of drug-likeness (QED) is 0.426. The van der Waals surface area contributed by atoms with E-state index in [0.29, 0.717) is 0 Å². The zero-order valence-electron chi connectivity index (χ0n) is 10.6. The molecule has 2 aromatic carbocycles. The Balaban J connectivity index is 2.15. The van der Waals surface area contributed by atoms with Crippen molar-refractivity contribution in [3.05, 3.63) is 56.5 Å². The number of ether oxygens (including phenoxy) is 2. The third-order valence-corrected chi connectivity index (χ3v) is 3.58. The van der Waals surface area contributed by atoms with Gasteiger partial charge in [0.2, 0.25) is 0 Å². The molecule has 2 rings (SSSR count). The molecular weight excluding hydrogens is 374 g/mol. The van der Waals surface area contributed by atoms with Gasteiger partial charge >= 0.3 is 11.9 Å². The normalized spacial score (nSPS) is 10.2. The van der Waals surface area contributed by atoms with Crippen LogP contribution in [0.5, 0.6) is 11.5 Å². The third-order valence-electron chi connectivity index (χ3n) is 2.39. The van der Waals surface area contributed by atoms with Crippen LogP contribution in [0.15, 0.2) is 36.4 Å². The van der Waals surface area contributed by atoms with Gasteiger partial charge in [0.1, 0.15) is 0 Å². The van der Waals surface area contributed by atoms with Crippen molar-refractivity contribution in [3.63, 3.8) is 0 Å². The molecule has 0 unspecified atom stereocenters. The smallest absolute Gasteiger partial charge is 0.415 e. The molecule has 8 heteroatoms. The molecule has 2 aromatic rings. The Kier molecular flexibility index (Phi) is 5.53. The average molecular weight is 380 g/mol. The first kappa shape index (κ1) is 16.9. The van der Waals surface area contributed by atoms with Gasteiger partial charge in [0.05, 0.1) is 20.1 Å². The third kappa shape index (κ3) is 3.84. The van der Waals surface area contributed by atoms with Crippen LogP contribution in [0.4, 0.5) is 0 Å². The fraction of sp³-hybridized carbons (Fsp3) is 0. The van der Waals surface area contributed by atoms with E-state index in [1.165, 1.54) is 24.3 Å². The Hall–Kier alpha value is -1.46.